The monoisotopic (exact) mass is 674 g/mol. The van der Waals surface area contributed by atoms with Crippen molar-refractivity contribution in [1.29, 1.82) is 0 Å². The fourth-order valence-corrected chi connectivity index (χ4v) is 5.02. The number of nitrogens with zero attached hydrogens (tertiary/aromatic N) is 1. The zero-order valence-corrected chi connectivity index (χ0v) is 27.8. The number of allylic oxidation sites excluding steroid dienone is 2. The van der Waals surface area contributed by atoms with Gasteiger partial charge in [-0.3, -0.25) is 4.79 Å². The number of ether oxygens (including phenoxy) is 5. The van der Waals surface area contributed by atoms with Crippen LogP contribution in [0, 0.1) is 5.82 Å². The van der Waals surface area contributed by atoms with Crippen molar-refractivity contribution in [2.75, 3.05) is 26.9 Å². The van der Waals surface area contributed by atoms with Crippen LogP contribution in [-0.4, -0.2) is 51.1 Å². The van der Waals surface area contributed by atoms with Crippen LogP contribution in [0.2, 0.25) is 0 Å². The highest BCUT2D eigenvalue weighted by atomic mass is 19.1. The Hall–Kier alpha value is -5.85. The SMILES string of the molecule is C=CCc1cc(/C=N\NC(=O)COc2ccc([C@@H]3NC(=O)NC(C)=C3C(=O)OCC)cc2OC)cc(OCC)c1OCc1ccccc1F. The largest absolute Gasteiger partial charge is 0.493 e. The quantitative estimate of drug-likeness (QED) is 0.0808. The van der Waals surface area contributed by atoms with Gasteiger partial charge >= 0.3 is 12.0 Å². The first kappa shape index (κ1) is 36.0. The molecule has 49 heavy (non-hydrogen) atoms. The van der Waals surface area contributed by atoms with Gasteiger partial charge in [-0.25, -0.2) is 19.4 Å². The van der Waals surface area contributed by atoms with Crippen molar-refractivity contribution >= 4 is 24.1 Å². The highest BCUT2D eigenvalue weighted by Crippen LogP contribution is 2.36. The average Bonchev–Trinajstić information content (AvgIpc) is 3.07. The molecule has 1 aliphatic rings. The second-order valence-electron chi connectivity index (χ2n) is 10.6. The Bertz CT molecular complexity index is 1760. The van der Waals surface area contributed by atoms with Crippen molar-refractivity contribution in [3.63, 3.8) is 0 Å². The molecule has 0 unspecified atom stereocenters. The Morgan fingerprint density at radius 3 is 2.51 bits per heavy atom. The lowest BCUT2D eigenvalue weighted by Crippen LogP contribution is -2.45. The second kappa shape index (κ2) is 17.3. The normalized spacial score (nSPS) is 14.1. The number of benzene rings is 3. The molecule has 1 heterocycles. The van der Waals surface area contributed by atoms with E-state index >= 15 is 0 Å². The predicted octanol–water partition coefficient (Wildman–Crippen LogP) is 5.26. The minimum atomic E-state index is -0.795. The lowest BCUT2D eigenvalue weighted by molar-refractivity contribution is -0.139. The van der Waals surface area contributed by atoms with Gasteiger partial charge in [0.2, 0.25) is 0 Å². The molecule has 0 spiro atoms. The first-order chi connectivity index (χ1) is 23.7. The Balaban J connectivity index is 1.43. The minimum Gasteiger partial charge on any atom is -0.493 e. The van der Waals surface area contributed by atoms with Crippen LogP contribution in [0.1, 0.15) is 49.1 Å². The van der Waals surface area contributed by atoms with Crippen molar-refractivity contribution in [1.82, 2.24) is 16.1 Å². The summed E-state index contributed by atoms with van der Waals surface area (Å²) in [6.45, 7) is 9.11. The molecule has 4 rings (SSSR count). The number of hydrazone groups is 1. The molecular weight excluding hydrogens is 635 g/mol. The summed E-state index contributed by atoms with van der Waals surface area (Å²) in [5.74, 6) is -0.0434. The predicted molar refractivity (Wildman–Crippen MR) is 180 cm³/mol. The third-order valence-electron chi connectivity index (χ3n) is 7.20. The number of nitrogens with one attached hydrogen (secondary N) is 3. The van der Waals surface area contributed by atoms with Gasteiger partial charge in [0, 0.05) is 16.8 Å². The Morgan fingerprint density at radius 1 is 1.00 bits per heavy atom. The van der Waals surface area contributed by atoms with Gasteiger partial charge in [-0.2, -0.15) is 5.10 Å². The molecule has 13 heteroatoms. The van der Waals surface area contributed by atoms with Gasteiger partial charge in [0.05, 0.1) is 38.2 Å². The number of methoxy groups -OCH3 is 1. The number of carbonyl (C=O) groups is 3. The molecule has 0 radical (unpaired) electrons. The summed E-state index contributed by atoms with van der Waals surface area (Å²) in [6.07, 6.45) is 3.60. The lowest BCUT2D eigenvalue weighted by atomic mass is 9.95. The molecule has 12 nitrogen and oxygen atoms in total. The first-order valence-electron chi connectivity index (χ1n) is 15.5. The third kappa shape index (κ3) is 9.37. The van der Waals surface area contributed by atoms with E-state index in [4.69, 9.17) is 23.7 Å². The fraction of sp³-hybridized carbons (Fsp3) is 0.278. The number of esters is 1. The van der Waals surface area contributed by atoms with Crippen LogP contribution < -0.4 is 35.0 Å². The summed E-state index contributed by atoms with van der Waals surface area (Å²) >= 11 is 0. The van der Waals surface area contributed by atoms with Crippen LogP contribution in [0.4, 0.5) is 9.18 Å². The van der Waals surface area contributed by atoms with E-state index in [0.29, 0.717) is 46.9 Å². The lowest BCUT2D eigenvalue weighted by Gasteiger charge is -2.28. The van der Waals surface area contributed by atoms with Crippen molar-refractivity contribution < 1.29 is 42.5 Å². The molecule has 1 atom stereocenters. The molecule has 0 aliphatic carbocycles. The highest BCUT2D eigenvalue weighted by Gasteiger charge is 2.32. The summed E-state index contributed by atoms with van der Waals surface area (Å²) in [6, 6.07) is 13.5. The van der Waals surface area contributed by atoms with E-state index in [2.05, 4.69) is 27.7 Å². The van der Waals surface area contributed by atoms with Crippen molar-refractivity contribution in [3.8, 4) is 23.0 Å². The smallest absolute Gasteiger partial charge is 0.338 e. The Labute approximate surface area is 283 Å². The molecule has 3 N–H and O–H groups in total. The molecule has 3 amide bonds. The molecule has 258 valence electrons. The van der Waals surface area contributed by atoms with Gasteiger partial charge in [-0.15, -0.1) is 6.58 Å². The third-order valence-corrected chi connectivity index (χ3v) is 7.20. The summed E-state index contributed by atoms with van der Waals surface area (Å²) in [5.41, 5.74) is 5.37. The molecule has 0 bridgehead atoms. The number of halogens is 1. The van der Waals surface area contributed by atoms with Crippen molar-refractivity contribution in [2.45, 2.75) is 39.8 Å². The fourth-order valence-electron chi connectivity index (χ4n) is 5.02. The van der Waals surface area contributed by atoms with Crippen LogP contribution >= 0.6 is 0 Å². The molecule has 3 aromatic carbocycles. The maximum absolute atomic E-state index is 14.2. The minimum absolute atomic E-state index is 0.00781. The van der Waals surface area contributed by atoms with E-state index in [0.717, 1.165) is 5.56 Å². The topological polar surface area (TPSA) is 146 Å². The van der Waals surface area contributed by atoms with Gasteiger partial charge in [0.1, 0.15) is 12.4 Å². The summed E-state index contributed by atoms with van der Waals surface area (Å²) in [4.78, 5) is 37.5. The van der Waals surface area contributed by atoms with Gasteiger partial charge in [-0.1, -0.05) is 30.3 Å². The number of urea groups is 1. The highest BCUT2D eigenvalue weighted by molar-refractivity contribution is 5.95. The van der Waals surface area contributed by atoms with Crippen LogP contribution in [0.5, 0.6) is 23.0 Å². The van der Waals surface area contributed by atoms with Gasteiger partial charge in [-0.05, 0) is 68.7 Å². The van der Waals surface area contributed by atoms with Gasteiger partial charge in [0.15, 0.2) is 29.6 Å². The Morgan fingerprint density at radius 2 is 1.80 bits per heavy atom. The van der Waals surface area contributed by atoms with E-state index in [1.54, 1.807) is 62.4 Å². The number of hydrogen-bond donors (Lipinski definition) is 3. The van der Waals surface area contributed by atoms with Crippen LogP contribution in [0.3, 0.4) is 0 Å². The molecule has 1 aliphatic heterocycles. The van der Waals surface area contributed by atoms with E-state index in [1.807, 2.05) is 13.0 Å². The van der Waals surface area contributed by atoms with Crippen LogP contribution in [-0.2, 0) is 27.4 Å². The van der Waals surface area contributed by atoms with Gasteiger partial charge < -0.3 is 34.3 Å². The summed E-state index contributed by atoms with van der Waals surface area (Å²) in [7, 11) is 1.43. The van der Waals surface area contributed by atoms with E-state index < -0.39 is 23.9 Å². The standard InChI is InChI=1S/C36H39FN4O8/c1-6-11-25-16-23(17-30(46-7-2)34(25)49-20-26-12-9-10-13-27(26)37)19-38-41-31(42)21-48-28-15-14-24(18-29(28)45-5)33-32(35(43)47-8-3)22(4)39-36(44)40-33/h6,9-10,12-19,33H,1,7-8,11,20-21H2,2-5H3,(H,41,42)(H2,39,40,44)/b38-19-/t33-/m0/s1. The van der Waals surface area contributed by atoms with E-state index in [-0.39, 0.29) is 42.7 Å². The molecule has 0 saturated carbocycles. The Kier molecular flexibility index (Phi) is 12.7. The maximum Gasteiger partial charge on any atom is 0.338 e. The average molecular weight is 675 g/mol. The zero-order chi connectivity index (χ0) is 35.3. The number of rotatable bonds is 16. The zero-order valence-electron chi connectivity index (χ0n) is 27.8. The van der Waals surface area contributed by atoms with Crippen molar-refractivity contribution in [2.24, 2.45) is 5.10 Å². The van der Waals surface area contributed by atoms with Crippen molar-refractivity contribution in [3.05, 3.63) is 107 Å². The number of amides is 3. The first-order valence-corrected chi connectivity index (χ1v) is 15.5. The molecule has 0 saturated heterocycles. The molecule has 0 aromatic heterocycles. The van der Waals surface area contributed by atoms with E-state index in [9.17, 15) is 18.8 Å². The molecular formula is C36H39FN4O8. The van der Waals surface area contributed by atoms with Crippen LogP contribution in [0.15, 0.2) is 83.6 Å². The summed E-state index contributed by atoms with van der Waals surface area (Å²) < 4.78 is 42.4. The molecule has 0 fully saturated rings. The van der Waals surface area contributed by atoms with E-state index in [1.165, 1.54) is 19.4 Å². The molecule has 3 aromatic rings. The number of carbonyl (C=O) groups excluding carboxylic acids is 3. The van der Waals surface area contributed by atoms with Crippen LogP contribution in [0.25, 0.3) is 0 Å². The number of hydrogen-bond acceptors (Lipinski definition) is 9. The van der Waals surface area contributed by atoms with Gasteiger partial charge in [0.25, 0.3) is 5.91 Å². The second-order valence-corrected chi connectivity index (χ2v) is 10.6. The summed E-state index contributed by atoms with van der Waals surface area (Å²) in [5, 5.41) is 9.38. The maximum atomic E-state index is 14.2.